The van der Waals surface area contributed by atoms with E-state index in [4.69, 9.17) is 9.47 Å². The number of rotatable bonds is 6. The summed E-state index contributed by atoms with van der Waals surface area (Å²) < 4.78 is 37.7. The lowest BCUT2D eigenvalue weighted by Gasteiger charge is -2.12. The second-order valence-electron chi connectivity index (χ2n) is 6.13. The number of anilines is 1. The van der Waals surface area contributed by atoms with E-state index in [0.29, 0.717) is 17.2 Å². The predicted octanol–water partition coefficient (Wildman–Crippen LogP) is 4.86. The summed E-state index contributed by atoms with van der Waals surface area (Å²) in [6.07, 6.45) is 0. The number of amides is 1. The molecule has 1 N–H and O–H groups in total. The van der Waals surface area contributed by atoms with Gasteiger partial charge in [0.15, 0.2) is 12.4 Å². The van der Waals surface area contributed by atoms with E-state index in [9.17, 15) is 18.4 Å². The maximum Gasteiger partial charge on any atom is 0.344 e. The van der Waals surface area contributed by atoms with Crippen LogP contribution in [0.5, 0.6) is 11.5 Å². The molecule has 0 bridgehead atoms. The summed E-state index contributed by atoms with van der Waals surface area (Å²) in [6, 6.07) is 17.0. The third kappa shape index (κ3) is 5.16. The van der Waals surface area contributed by atoms with E-state index >= 15 is 0 Å². The molecule has 3 aromatic rings. The maximum absolute atomic E-state index is 13.6. The fourth-order valence-corrected chi connectivity index (χ4v) is 2.47. The number of esters is 1. The first-order valence-electron chi connectivity index (χ1n) is 8.68. The van der Waals surface area contributed by atoms with E-state index in [1.165, 1.54) is 0 Å². The van der Waals surface area contributed by atoms with Gasteiger partial charge in [-0.15, -0.1) is 0 Å². The highest BCUT2D eigenvalue weighted by Gasteiger charge is 2.20. The molecule has 0 aliphatic heterocycles. The van der Waals surface area contributed by atoms with Crippen LogP contribution < -0.4 is 10.1 Å². The number of ether oxygens (including phenoxy) is 2. The topological polar surface area (TPSA) is 64.6 Å². The summed E-state index contributed by atoms with van der Waals surface area (Å²) >= 11 is 0. The van der Waals surface area contributed by atoms with Crippen molar-refractivity contribution in [1.82, 2.24) is 0 Å². The monoisotopic (exact) mass is 397 g/mol. The zero-order valence-corrected chi connectivity index (χ0v) is 15.4. The number of nitrogens with one attached hydrogen (secondary N) is 1. The molecule has 0 atom stereocenters. The molecule has 29 heavy (non-hydrogen) atoms. The minimum absolute atomic E-state index is 0.353. The Hall–Kier alpha value is -3.74. The van der Waals surface area contributed by atoms with E-state index in [-0.39, 0.29) is 0 Å². The normalized spacial score (nSPS) is 10.3. The van der Waals surface area contributed by atoms with E-state index in [1.807, 2.05) is 19.1 Å². The SMILES string of the molecule is Cc1ccc(Oc2ccccc2NC(=O)COC(=O)c2c(F)cccc2F)cc1. The van der Waals surface area contributed by atoms with Crippen molar-refractivity contribution in [2.75, 3.05) is 11.9 Å². The Bertz CT molecular complexity index is 1010. The Morgan fingerprint density at radius 1 is 0.897 bits per heavy atom. The molecule has 5 nitrogen and oxygen atoms in total. The average molecular weight is 397 g/mol. The fourth-order valence-electron chi connectivity index (χ4n) is 2.47. The molecule has 3 rings (SSSR count). The number of carbonyl (C=O) groups excluding carboxylic acids is 2. The summed E-state index contributed by atoms with van der Waals surface area (Å²) in [5, 5.41) is 2.55. The van der Waals surface area contributed by atoms with Crippen molar-refractivity contribution in [3.8, 4) is 11.5 Å². The first kappa shape index (κ1) is 20.0. The average Bonchev–Trinajstić information content (AvgIpc) is 2.69. The van der Waals surface area contributed by atoms with Crippen LogP contribution in [0, 0.1) is 18.6 Å². The molecule has 7 heteroatoms. The first-order valence-corrected chi connectivity index (χ1v) is 8.68. The predicted molar refractivity (Wildman–Crippen MR) is 103 cm³/mol. The van der Waals surface area contributed by atoms with Crippen LogP contribution in [-0.2, 0) is 9.53 Å². The van der Waals surface area contributed by atoms with E-state index in [0.717, 1.165) is 23.8 Å². The van der Waals surface area contributed by atoms with Gasteiger partial charge in [0.25, 0.3) is 5.91 Å². The molecule has 0 aliphatic carbocycles. The second kappa shape index (κ2) is 8.97. The minimum Gasteiger partial charge on any atom is -0.455 e. The Morgan fingerprint density at radius 2 is 1.55 bits per heavy atom. The number of halogens is 2. The third-order valence-electron chi connectivity index (χ3n) is 3.91. The lowest BCUT2D eigenvalue weighted by Crippen LogP contribution is -2.22. The second-order valence-corrected chi connectivity index (χ2v) is 6.13. The molecule has 0 saturated carbocycles. The highest BCUT2D eigenvalue weighted by atomic mass is 19.1. The van der Waals surface area contributed by atoms with Crippen molar-refractivity contribution >= 4 is 17.6 Å². The van der Waals surface area contributed by atoms with Gasteiger partial charge in [-0.05, 0) is 43.3 Å². The minimum atomic E-state index is -1.26. The van der Waals surface area contributed by atoms with Gasteiger partial charge in [-0.25, -0.2) is 13.6 Å². The van der Waals surface area contributed by atoms with Crippen molar-refractivity contribution < 1.29 is 27.8 Å². The van der Waals surface area contributed by atoms with Gasteiger partial charge in [-0.2, -0.15) is 0 Å². The number of benzene rings is 3. The van der Waals surface area contributed by atoms with E-state index < -0.39 is 35.7 Å². The maximum atomic E-state index is 13.6. The van der Waals surface area contributed by atoms with Gasteiger partial charge < -0.3 is 14.8 Å². The Kier molecular flexibility index (Phi) is 6.19. The zero-order chi connectivity index (χ0) is 20.8. The molecule has 148 valence electrons. The number of carbonyl (C=O) groups is 2. The molecule has 0 aromatic heterocycles. The first-order chi connectivity index (χ1) is 13.9. The Labute approximate surface area is 165 Å². The van der Waals surface area contributed by atoms with Crippen LogP contribution in [0.2, 0.25) is 0 Å². The fraction of sp³-hybridized carbons (Fsp3) is 0.0909. The molecule has 0 unspecified atom stereocenters. The molecule has 0 saturated heterocycles. The van der Waals surface area contributed by atoms with Crippen LogP contribution in [0.1, 0.15) is 15.9 Å². The molecular formula is C22H17F2NO4. The van der Waals surface area contributed by atoms with Crippen LogP contribution in [0.15, 0.2) is 66.7 Å². The van der Waals surface area contributed by atoms with Gasteiger partial charge in [0.2, 0.25) is 0 Å². The highest BCUT2D eigenvalue weighted by molar-refractivity contribution is 5.96. The van der Waals surface area contributed by atoms with Crippen LogP contribution in [0.25, 0.3) is 0 Å². The lowest BCUT2D eigenvalue weighted by atomic mass is 10.2. The molecule has 0 heterocycles. The quantitative estimate of drug-likeness (QED) is 0.604. The van der Waals surface area contributed by atoms with Crippen molar-refractivity contribution in [3.05, 3.63) is 89.5 Å². The summed E-state index contributed by atoms with van der Waals surface area (Å²) in [5.74, 6) is -3.11. The summed E-state index contributed by atoms with van der Waals surface area (Å²) in [5.41, 5.74) is 0.585. The van der Waals surface area contributed by atoms with E-state index in [1.54, 1.807) is 36.4 Å². The van der Waals surface area contributed by atoms with Crippen LogP contribution in [-0.4, -0.2) is 18.5 Å². The van der Waals surface area contributed by atoms with Crippen LogP contribution in [0.3, 0.4) is 0 Å². The smallest absolute Gasteiger partial charge is 0.344 e. The van der Waals surface area contributed by atoms with Crippen molar-refractivity contribution in [2.24, 2.45) is 0 Å². The summed E-state index contributed by atoms with van der Waals surface area (Å²) in [7, 11) is 0. The van der Waals surface area contributed by atoms with E-state index in [2.05, 4.69) is 5.32 Å². The summed E-state index contributed by atoms with van der Waals surface area (Å²) in [6.45, 7) is 1.23. The Morgan fingerprint density at radius 3 is 2.24 bits per heavy atom. The van der Waals surface area contributed by atoms with Gasteiger partial charge >= 0.3 is 5.97 Å². The van der Waals surface area contributed by atoms with Crippen molar-refractivity contribution in [3.63, 3.8) is 0 Å². The van der Waals surface area contributed by atoms with Gasteiger partial charge in [-0.3, -0.25) is 4.79 Å². The molecule has 1 amide bonds. The van der Waals surface area contributed by atoms with Gasteiger partial charge in [-0.1, -0.05) is 35.9 Å². The zero-order valence-electron chi connectivity index (χ0n) is 15.4. The van der Waals surface area contributed by atoms with Crippen molar-refractivity contribution in [2.45, 2.75) is 6.92 Å². The number of hydrogen-bond acceptors (Lipinski definition) is 4. The molecule has 0 radical (unpaired) electrons. The van der Waals surface area contributed by atoms with Gasteiger partial charge in [0.1, 0.15) is 22.9 Å². The van der Waals surface area contributed by atoms with Crippen LogP contribution >= 0.6 is 0 Å². The van der Waals surface area contributed by atoms with Gasteiger partial charge in [0, 0.05) is 0 Å². The van der Waals surface area contributed by atoms with Crippen molar-refractivity contribution in [1.29, 1.82) is 0 Å². The number of para-hydroxylation sites is 2. The largest absolute Gasteiger partial charge is 0.455 e. The highest BCUT2D eigenvalue weighted by Crippen LogP contribution is 2.29. The number of hydrogen-bond donors (Lipinski definition) is 1. The lowest BCUT2D eigenvalue weighted by molar-refractivity contribution is -0.119. The Balaban J connectivity index is 1.64. The molecular weight excluding hydrogens is 380 g/mol. The molecule has 0 fully saturated rings. The molecule has 0 spiro atoms. The molecule has 3 aromatic carbocycles. The third-order valence-corrected chi connectivity index (χ3v) is 3.91. The summed E-state index contributed by atoms with van der Waals surface area (Å²) in [4.78, 5) is 24.0. The van der Waals surface area contributed by atoms with Crippen LogP contribution in [0.4, 0.5) is 14.5 Å². The number of aryl methyl sites for hydroxylation is 1. The molecule has 0 aliphatic rings. The van der Waals surface area contributed by atoms with Gasteiger partial charge in [0.05, 0.1) is 5.69 Å². The standard InChI is InChI=1S/C22H17F2NO4/c1-14-9-11-15(12-10-14)29-19-8-3-2-7-18(19)25-20(26)13-28-22(27)21-16(23)5-4-6-17(21)24/h2-12H,13H2,1H3,(H,25,26).